The molecule has 0 atom stereocenters. The molecule has 158 valence electrons. The number of phenolic OH excluding ortho intramolecular Hbond substituents is 1. The van der Waals surface area contributed by atoms with E-state index < -0.39 is 0 Å². The second-order valence-electron chi connectivity index (χ2n) is 6.23. The highest BCUT2D eigenvalue weighted by atomic mass is 127. The number of aromatic hydroxyl groups is 1. The minimum Gasteiger partial charge on any atom is -0.508 e. The van der Waals surface area contributed by atoms with Crippen LogP contribution in [-0.4, -0.2) is 43.2 Å². The van der Waals surface area contributed by atoms with E-state index in [1.54, 1.807) is 12.1 Å². The molecule has 0 heterocycles. The predicted octanol–water partition coefficient (Wildman–Crippen LogP) is 3.58. The molecule has 2 aromatic rings. The summed E-state index contributed by atoms with van der Waals surface area (Å²) in [6, 6.07) is 14.1. The molecular weight excluding hydrogens is 503 g/mol. The van der Waals surface area contributed by atoms with E-state index in [2.05, 4.69) is 20.9 Å². The number of halogens is 2. The lowest BCUT2D eigenvalue weighted by Crippen LogP contribution is -2.38. The van der Waals surface area contributed by atoms with Crippen molar-refractivity contribution in [2.24, 2.45) is 4.99 Å². The smallest absolute Gasteiger partial charge is 0.251 e. The summed E-state index contributed by atoms with van der Waals surface area (Å²) in [5, 5.41) is 19.5. The predicted molar refractivity (Wildman–Crippen MR) is 130 cm³/mol. The van der Waals surface area contributed by atoms with Gasteiger partial charge in [0.25, 0.3) is 5.91 Å². The molecule has 2 aromatic carbocycles. The van der Waals surface area contributed by atoms with Gasteiger partial charge >= 0.3 is 0 Å². The van der Waals surface area contributed by atoms with Gasteiger partial charge in [0.1, 0.15) is 5.75 Å². The number of hydrogen-bond acceptors (Lipinski definition) is 3. The lowest BCUT2D eigenvalue weighted by atomic mass is 10.1. The van der Waals surface area contributed by atoms with Crippen molar-refractivity contribution in [3.05, 3.63) is 64.7 Å². The monoisotopic (exact) mass is 530 g/mol. The summed E-state index contributed by atoms with van der Waals surface area (Å²) >= 11 is 6.00. The van der Waals surface area contributed by atoms with Crippen molar-refractivity contribution in [3.8, 4) is 5.75 Å². The van der Waals surface area contributed by atoms with Gasteiger partial charge in [0.15, 0.2) is 5.96 Å². The summed E-state index contributed by atoms with van der Waals surface area (Å²) in [5.74, 6) is 0.631. The van der Waals surface area contributed by atoms with Crippen LogP contribution >= 0.6 is 35.6 Å². The minimum atomic E-state index is -0.202. The Hall–Kier alpha value is -2.00. The molecule has 0 bridgehead atoms. The Morgan fingerprint density at radius 1 is 1.07 bits per heavy atom. The number of benzene rings is 2. The Morgan fingerprint density at radius 3 is 2.59 bits per heavy atom. The van der Waals surface area contributed by atoms with Crippen LogP contribution < -0.4 is 16.0 Å². The largest absolute Gasteiger partial charge is 0.508 e. The van der Waals surface area contributed by atoms with Crippen molar-refractivity contribution in [1.82, 2.24) is 16.0 Å². The van der Waals surface area contributed by atoms with Crippen LogP contribution in [0.25, 0.3) is 0 Å². The van der Waals surface area contributed by atoms with Crippen LogP contribution in [0.1, 0.15) is 29.3 Å². The first-order chi connectivity index (χ1) is 13.6. The van der Waals surface area contributed by atoms with E-state index in [1.807, 2.05) is 31.2 Å². The van der Waals surface area contributed by atoms with Gasteiger partial charge in [0.05, 0.1) is 0 Å². The first-order valence-corrected chi connectivity index (χ1v) is 9.80. The topological polar surface area (TPSA) is 85.8 Å². The molecule has 0 spiro atoms. The lowest BCUT2D eigenvalue weighted by Gasteiger charge is -2.11. The Bertz CT molecular complexity index is 802. The second kappa shape index (κ2) is 14.1. The first-order valence-electron chi connectivity index (χ1n) is 9.42. The Labute approximate surface area is 194 Å². The zero-order valence-corrected chi connectivity index (χ0v) is 19.5. The quantitative estimate of drug-likeness (QED) is 0.173. The number of rotatable bonds is 9. The zero-order valence-electron chi connectivity index (χ0n) is 16.5. The van der Waals surface area contributed by atoms with E-state index >= 15 is 0 Å². The van der Waals surface area contributed by atoms with E-state index in [0.717, 1.165) is 36.9 Å². The number of hydrogen-bond donors (Lipinski definition) is 4. The molecule has 0 radical (unpaired) electrons. The van der Waals surface area contributed by atoms with Crippen LogP contribution in [0.2, 0.25) is 5.02 Å². The average Bonchev–Trinajstić information content (AvgIpc) is 2.67. The number of carbonyl (C=O) groups is 1. The third kappa shape index (κ3) is 9.85. The van der Waals surface area contributed by atoms with Gasteiger partial charge in [-0.15, -0.1) is 24.0 Å². The van der Waals surface area contributed by atoms with Gasteiger partial charge in [-0.2, -0.15) is 0 Å². The van der Waals surface area contributed by atoms with Gasteiger partial charge < -0.3 is 21.1 Å². The van der Waals surface area contributed by atoms with Gasteiger partial charge in [-0.05, 0) is 55.7 Å². The summed E-state index contributed by atoms with van der Waals surface area (Å²) in [7, 11) is 0. The number of phenols is 1. The van der Waals surface area contributed by atoms with E-state index in [4.69, 9.17) is 11.6 Å². The number of guanidine groups is 1. The lowest BCUT2D eigenvalue weighted by molar-refractivity contribution is 0.0953. The summed E-state index contributed by atoms with van der Waals surface area (Å²) in [4.78, 5) is 16.5. The van der Waals surface area contributed by atoms with Crippen LogP contribution in [0.15, 0.2) is 53.5 Å². The fraction of sp³-hybridized carbons (Fsp3) is 0.333. The molecule has 2 rings (SSSR count). The third-order valence-corrected chi connectivity index (χ3v) is 4.17. The highest BCUT2D eigenvalue weighted by Crippen LogP contribution is 2.11. The molecule has 0 saturated heterocycles. The minimum absolute atomic E-state index is 0. The molecule has 0 aliphatic rings. The molecule has 0 aliphatic heterocycles. The number of nitrogens with one attached hydrogen (secondary N) is 3. The molecule has 6 nitrogen and oxygen atoms in total. The Balaban J connectivity index is 0.00000420. The molecule has 4 N–H and O–H groups in total. The number of nitrogens with zero attached hydrogens (tertiary/aromatic N) is 1. The van der Waals surface area contributed by atoms with Crippen molar-refractivity contribution in [1.29, 1.82) is 0 Å². The second-order valence-corrected chi connectivity index (χ2v) is 6.66. The summed E-state index contributed by atoms with van der Waals surface area (Å²) in [6.45, 7) is 4.65. The van der Waals surface area contributed by atoms with E-state index in [-0.39, 0.29) is 35.6 Å². The maximum absolute atomic E-state index is 12.0. The van der Waals surface area contributed by atoms with Crippen LogP contribution in [0.3, 0.4) is 0 Å². The van der Waals surface area contributed by atoms with Gasteiger partial charge in [-0.3, -0.25) is 9.79 Å². The highest BCUT2D eigenvalue weighted by molar-refractivity contribution is 14.0. The Kier molecular flexibility index (Phi) is 12.1. The zero-order chi connectivity index (χ0) is 20.2. The highest BCUT2D eigenvalue weighted by Gasteiger charge is 2.05. The molecule has 29 heavy (non-hydrogen) atoms. The SMILES string of the molecule is CCNC(=NCCCNC(=O)c1cccc(O)c1)NCCc1cccc(Cl)c1.I. The summed E-state index contributed by atoms with van der Waals surface area (Å²) in [5.41, 5.74) is 1.62. The van der Waals surface area contributed by atoms with Crippen molar-refractivity contribution < 1.29 is 9.90 Å². The molecule has 1 amide bonds. The van der Waals surface area contributed by atoms with Crippen molar-refractivity contribution in [3.63, 3.8) is 0 Å². The van der Waals surface area contributed by atoms with Crippen molar-refractivity contribution in [2.45, 2.75) is 19.8 Å². The van der Waals surface area contributed by atoms with Crippen LogP contribution in [0.4, 0.5) is 0 Å². The van der Waals surface area contributed by atoms with Gasteiger partial charge in [0, 0.05) is 36.8 Å². The van der Waals surface area contributed by atoms with Gasteiger partial charge in [0.2, 0.25) is 0 Å². The van der Waals surface area contributed by atoms with Crippen molar-refractivity contribution >= 4 is 47.4 Å². The van der Waals surface area contributed by atoms with Gasteiger partial charge in [-0.25, -0.2) is 0 Å². The number of carbonyl (C=O) groups excluding carboxylic acids is 1. The van der Waals surface area contributed by atoms with Crippen LogP contribution in [0, 0.1) is 0 Å². The fourth-order valence-electron chi connectivity index (χ4n) is 2.58. The summed E-state index contributed by atoms with van der Waals surface area (Å²) in [6.07, 6.45) is 1.57. The van der Waals surface area contributed by atoms with Gasteiger partial charge in [-0.1, -0.05) is 29.8 Å². The molecule has 0 saturated carbocycles. The van der Waals surface area contributed by atoms with E-state index in [9.17, 15) is 9.90 Å². The maximum atomic E-state index is 12.0. The average molecular weight is 531 g/mol. The van der Waals surface area contributed by atoms with Crippen molar-refractivity contribution in [2.75, 3.05) is 26.2 Å². The molecule has 8 heteroatoms. The standard InChI is InChI=1S/C21H27ClN4O2.HI/c1-2-23-21(26-13-10-16-6-3-8-18(22)14-16)25-12-5-11-24-20(28)17-7-4-9-19(27)15-17;/h3-4,6-9,14-15,27H,2,5,10-13H2,1H3,(H,24,28)(H2,23,25,26);1H. The van der Waals surface area contributed by atoms with E-state index in [1.165, 1.54) is 17.7 Å². The summed E-state index contributed by atoms with van der Waals surface area (Å²) < 4.78 is 0. The third-order valence-electron chi connectivity index (χ3n) is 3.94. The molecule has 0 fully saturated rings. The molecule has 0 unspecified atom stereocenters. The number of amides is 1. The first kappa shape index (κ1) is 25.0. The maximum Gasteiger partial charge on any atom is 0.251 e. The van der Waals surface area contributed by atoms with Crippen LogP contribution in [0.5, 0.6) is 5.75 Å². The fourth-order valence-corrected chi connectivity index (χ4v) is 2.79. The Morgan fingerprint density at radius 2 is 1.86 bits per heavy atom. The molecule has 0 aromatic heterocycles. The van der Waals surface area contributed by atoms with E-state index in [0.29, 0.717) is 18.7 Å². The number of aliphatic imine (C=N–C) groups is 1. The molecular formula is C21H28ClIN4O2. The van der Waals surface area contributed by atoms with Crippen LogP contribution in [-0.2, 0) is 6.42 Å². The normalized spacial score (nSPS) is 10.8. The molecule has 0 aliphatic carbocycles.